The summed E-state index contributed by atoms with van der Waals surface area (Å²) in [4.78, 5) is 12.3. The van der Waals surface area contributed by atoms with Crippen LogP contribution in [0.2, 0.25) is 0 Å². The Morgan fingerprint density at radius 1 is 1.44 bits per heavy atom. The van der Waals surface area contributed by atoms with Crippen LogP contribution < -0.4 is 0 Å². The second kappa shape index (κ2) is 4.95. The Morgan fingerprint density at radius 3 is 2.83 bits per heavy atom. The van der Waals surface area contributed by atoms with Crippen molar-refractivity contribution in [3.05, 3.63) is 35.3 Å². The molecule has 0 amide bonds. The lowest BCUT2D eigenvalue weighted by atomic mass is 10.0. The normalized spacial score (nSPS) is 10.6. The lowest BCUT2D eigenvalue weighted by Crippen LogP contribution is -2.05. The third kappa shape index (κ3) is 2.09. The molecule has 0 aliphatic heterocycles. The van der Waals surface area contributed by atoms with E-state index in [1.165, 1.54) is 17.1 Å². The summed E-state index contributed by atoms with van der Waals surface area (Å²) in [7, 11) is 1.61. The van der Waals surface area contributed by atoms with E-state index in [4.69, 9.17) is 0 Å². The number of nitrogens with zero attached hydrogens (tertiary/aromatic N) is 4. The van der Waals surface area contributed by atoms with Crippen LogP contribution in [0.3, 0.4) is 0 Å². The van der Waals surface area contributed by atoms with Gasteiger partial charge in [-0.05, 0) is 12.5 Å². The molecule has 2 aromatic heterocycles. The molecule has 0 aliphatic carbocycles. The highest BCUT2D eigenvalue weighted by atomic mass is 16.3. The lowest BCUT2D eigenvalue weighted by molar-refractivity contribution is 0.103. The number of aromatic hydroxyl groups is 1. The van der Waals surface area contributed by atoms with Gasteiger partial charge in [0.2, 0.25) is 11.7 Å². The second-order valence-corrected chi connectivity index (χ2v) is 3.98. The number of aryl methyl sites for hydroxylation is 2. The fraction of sp³-hybridized carbons (Fsp3) is 0.333. The minimum absolute atomic E-state index is 0.111. The van der Waals surface area contributed by atoms with Crippen molar-refractivity contribution in [3.63, 3.8) is 0 Å². The molecular formula is C12H14N4O2. The van der Waals surface area contributed by atoms with Gasteiger partial charge in [0.15, 0.2) is 0 Å². The number of hydrogen-bond acceptors (Lipinski definition) is 5. The molecule has 94 valence electrons. The van der Waals surface area contributed by atoms with Crippen LogP contribution in [0, 0.1) is 0 Å². The van der Waals surface area contributed by atoms with Gasteiger partial charge in [-0.3, -0.25) is 4.79 Å². The van der Waals surface area contributed by atoms with Gasteiger partial charge in [-0.25, -0.2) is 4.68 Å². The van der Waals surface area contributed by atoms with E-state index in [-0.39, 0.29) is 17.2 Å². The summed E-state index contributed by atoms with van der Waals surface area (Å²) >= 11 is 0. The summed E-state index contributed by atoms with van der Waals surface area (Å²) in [5.41, 5.74) is 1.26. The fourth-order valence-corrected chi connectivity index (χ4v) is 1.78. The lowest BCUT2D eigenvalue weighted by Gasteiger charge is -2.01. The van der Waals surface area contributed by atoms with Gasteiger partial charge in [0, 0.05) is 12.6 Å². The molecule has 0 aromatic carbocycles. The van der Waals surface area contributed by atoms with E-state index in [1.54, 1.807) is 13.1 Å². The molecule has 0 unspecified atom stereocenters. The Balaban J connectivity index is 2.47. The SMILES string of the molecule is CCCc1nn(C)c(O)c1C(=O)c1ccnnc1. The summed E-state index contributed by atoms with van der Waals surface area (Å²) < 4.78 is 1.31. The average Bonchev–Trinajstić information content (AvgIpc) is 2.66. The van der Waals surface area contributed by atoms with E-state index < -0.39 is 0 Å². The van der Waals surface area contributed by atoms with E-state index in [2.05, 4.69) is 15.3 Å². The quantitative estimate of drug-likeness (QED) is 0.817. The van der Waals surface area contributed by atoms with Gasteiger partial charge in [-0.2, -0.15) is 15.3 Å². The van der Waals surface area contributed by atoms with Crippen LogP contribution in [0.25, 0.3) is 0 Å². The van der Waals surface area contributed by atoms with E-state index in [1.807, 2.05) is 6.92 Å². The molecular weight excluding hydrogens is 232 g/mol. The standard InChI is InChI=1S/C12H14N4O2/c1-3-4-9-10(12(18)16(2)15-9)11(17)8-5-6-13-14-7-8/h5-7,18H,3-4H2,1-2H3. The van der Waals surface area contributed by atoms with Crippen molar-refractivity contribution in [2.75, 3.05) is 0 Å². The van der Waals surface area contributed by atoms with Gasteiger partial charge in [0.25, 0.3) is 0 Å². The first kappa shape index (κ1) is 12.2. The van der Waals surface area contributed by atoms with Crippen molar-refractivity contribution in [2.45, 2.75) is 19.8 Å². The summed E-state index contributed by atoms with van der Waals surface area (Å²) in [6.07, 6.45) is 4.32. The van der Waals surface area contributed by atoms with Gasteiger partial charge < -0.3 is 5.11 Å². The molecule has 0 aliphatic rings. The minimum Gasteiger partial charge on any atom is -0.493 e. The summed E-state index contributed by atoms with van der Waals surface area (Å²) in [6, 6.07) is 1.57. The number of aromatic nitrogens is 4. The number of ketones is 1. The summed E-state index contributed by atoms with van der Waals surface area (Å²) in [6.45, 7) is 1.99. The molecule has 0 bridgehead atoms. The molecule has 18 heavy (non-hydrogen) atoms. The van der Waals surface area contributed by atoms with Crippen LogP contribution in [-0.4, -0.2) is 30.9 Å². The number of carbonyl (C=O) groups excluding carboxylic acids is 1. The zero-order chi connectivity index (χ0) is 13.1. The molecule has 6 heteroatoms. The first-order valence-electron chi connectivity index (χ1n) is 5.71. The Hall–Kier alpha value is -2.24. The molecule has 2 rings (SSSR count). The number of hydrogen-bond donors (Lipinski definition) is 1. The second-order valence-electron chi connectivity index (χ2n) is 3.98. The zero-order valence-electron chi connectivity index (χ0n) is 10.3. The minimum atomic E-state index is -0.279. The van der Waals surface area contributed by atoms with Crippen molar-refractivity contribution in [3.8, 4) is 5.88 Å². The monoisotopic (exact) mass is 246 g/mol. The maximum Gasteiger partial charge on any atom is 0.220 e. The van der Waals surface area contributed by atoms with E-state index in [0.717, 1.165) is 6.42 Å². The molecule has 0 radical (unpaired) electrons. The van der Waals surface area contributed by atoms with Crippen LogP contribution in [0.15, 0.2) is 18.5 Å². The van der Waals surface area contributed by atoms with Gasteiger partial charge in [-0.1, -0.05) is 13.3 Å². The van der Waals surface area contributed by atoms with Gasteiger partial charge in [0.1, 0.15) is 5.56 Å². The van der Waals surface area contributed by atoms with Crippen LogP contribution in [0.5, 0.6) is 5.88 Å². The molecule has 0 saturated heterocycles. The molecule has 0 spiro atoms. The Bertz CT molecular complexity index is 563. The van der Waals surface area contributed by atoms with E-state index >= 15 is 0 Å². The third-order valence-corrected chi connectivity index (χ3v) is 2.65. The highest BCUT2D eigenvalue weighted by molar-refractivity contribution is 6.10. The molecule has 0 saturated carbocycles. The topological polar surface area (TPSA) is 80.9 Å². The van der Waals surface area contributed by atoms with Crippen molar-refractivity contribution < 1.29 is 9.90 Å². The predicted octanol–water partition coefficient (Wildman–Crippen LogP) is 1.10. The number of carbonyl (C=O) groups is 1. The largest absolute Gasteiger partial charge is 0.493 e. The average molecular weight is 246 g/mol. The van der Waals surface area contributed by atoms with Gasteiger partial charge >= 0.3 is 0 Å². The predicted molar refractivity (Wildman–Crippen MR) is 64.3 cm³/mol. The van der Waals surface area contributed by atoms with Crippen molar-refractivity contribution in [1.82, 2.24) is 20.0 Å². The maximum absolute atomic E-state index is 12.3. The Kier molecular flexibility index (Phi) is 3.36. The van der Waals surface area contributed by atoms with E-state index in [0.29, 0.717) is 17.7 Å². The molecule has 2 heterocycles. The molecule has 1 N–H and O–H groups in total. The highest BCUT2D eigenvalue weighted by Crippen LogP contribution is 2.24. The van der Waals surface area contributed by atoms with Crippen LogP contribution in [0.4, 0.5) is 0 Å². The van der Waals surface area contributed by atoms with Crippen LogP contribution in [-0.2, 0) is 13.5 Å². The maximum atomic E-state index is 12.3. The molecule has 6 nitrogen and oxygen atoms in total. The van der Waals surface area contributed by atoms with Crippen molar-refractivity contribution in [1.29, 1.82) is 0 Å². The van der Waals surface area contributed by atoms with Gasteiger partial charge in [-0.15, -0.1) is 0 Å². The van der Waals surface area contributed by atoms with Gasteiger partial charge in [0.05, 0.1) is 18.1 Å². The fourth-order valence-electron chi connectivity index (χ4n) is 1.78. The Morgan fingerprint density at radius 2 is 2.22 bits per heavy atom. The third-order valence-electron chi connectivity index (χ3n) is 2.65. The first-order chi connectivity index (χ1) is 8.65. The van der Waals surface area contributed by atoms with Crippen LogP contribution in [0.1, 0.15) is 35.0 Å². The van der Waals surface area contributed by atoms with Crippen LogP contribution >= 0.6 is 0 Å². The smallest absolute Gasteiger partial charge is 0.220 e. The van der Waals surface area contributed by atoms with Crippen molar-refractivity contribution in [2.24, 2.45) is 7.05 Å². The molecule has 0 fully saturated rings. The highest BCUT2D eigenvalue weighted by Gasteiger charge is 2.23. The molecule has 2 aromatic rings. The molecule has 0 atom stereocenters. The van der Waals surface area contributed by atoms with E-state index in [9.17, 15) is 9.90 Å². The zero-order valence-corrected chi connectivity index (χ0v) is 10.3. The summed E-state index contributed by atoms with van der Waals surface area (Å²) in [5, 5.41) is 21.4. The number of rotatable bonds is 4. The summed E-state index contributed by atoms with van der Waals surface area (Å²) in [5.74, 6) is -0.390. The van der Waals surface area contributed by atoms with Crippen molar-refractivity contribution >= 4 is 5.78 Å². The Labute approximate surface area is 104 Å². The first-order valence-corrected chi connectivity index (χ1v) is 5.71.